The van der Waals surface area contributed by atoms with Gasteiger partial charge in [-0.2, -0.15) is 0 Å². The summed E-state index contributed by atoms with van der Waals surface area (Å²) >= 11 is 0. The van der Waals surface area contributed by atoms with Gasteiger partial charge in [0.05, 0.1) is 14.2 Å². The maximum Gasteiger partial charge on any atom is 0.303 e. The van der Waals surface area contributed by atoms with E-state index in [0.717, 1.165) is 5.56 Å². The Balaban J connectivity index is 0.00000324. The molecule has 0 saturated heterocycles. The number of aliphatic carboxylic acids is 1. The van der Waals surface area contributed by atoms with Crippen LogP contribution in [0.2, 0.25) is 0 Å². The second-order valence-corrected chi connectivity index (χ2v) is 3.83. The number of para-hydroxylation sites is 1. The molecule has 6 heteroatoms. The lowest BCUT2D eigenvalue weighted by molar-refractivity contribution is -0.137. The molecule has 19 heavy (non-hydrogen) atoms. The van der Waals surface area contributed by atoms with Gasteiger partial charge in [0.1, 0.15) is 0 Å². The lowest BCUT2D eigenvalue weighted by Gasteiger charge is -2.12. The number of nitrogens with one attached hydrogen (secondary N) is 1. The smallest absolute Gasteiger partial charge is 0.303 e. The number of carboxylic acid groups (broad SMARTS) is 1. The molecule has 0 unspecified atom stereocenters. The van der Waals surface area contributed by atoms with E-state index in [9.17, 15) is 4.79 Å². The molecule has 2 N–H and O–H groups in total. The summed E-state index contributed by atoms with van der Waals surface area (Å²) < 4.78 is 10.5. The quantitative estimate of drug-likeness (QED) is 0.717. The number of rotatable bonds is 8. The van der Waals surface area contributed by atoms with Crippen LogP contribution in [0.15, 0.2) is 18.2 Å². The van der Waals surface area contributed by atoms with E-state index in [1.54, 1.807) is 14.2 Å². The van der Waals surface area contributed by atoms with Gasteiger partial charge >= 0.3 is 5.97 Å². The van der Waals surface area contributed by atoms with Gasteiger partial charge in [-0.05, 0) is 19.0 Å². The number of methoxy groups -OCH3 is 2. The highest BCUT2D eigenvalue weighted by Crippen LogP contribution is 2.30. The van der Waals surface area contributed by atoms with Gasteiger partial charge in [0.2, 0.25) is 0 Å². The maximum absolute atomic E-state index is 10.4. The highest BCUT2D eigenvalue weighted by Gasteiger charge is 2.08. The Morgan fingerprint density at radius 1 is 1.32 bits per heavy atom. The van der Waals surface area contributed by atoms with Gasteiger partial charge in [-0.1, -0.05) is 12.1 Å². The zero-order valence-electron chi connectivity index (χ0n) is 11.1. The van der Waals surface area contributed by atoms with E-state index in [-0.39, 0.29) is 18.8 Å². The molecule has 1 aromatic carbocycles. The third-order valence-corrected chi connectivity index (χ3v) is 2.54. The third kappa shape index (κ3) is 5.81. The monoisotopic (exact) mass is 289 g/mol. The van der Waals surface area contributed by atoms with Crippen LogP contribution in [0, 0.1) is 0 Å². The van der Waals surface area contributed by atoms with Crippen LogP contribution < -0.4 is 14.8 Å². The summed E-state index contributed by atoms with van der Waals surface area (Å²) in [6.07, 6.45) is 0.795. The van der Waals surface area contributed by atoms with E-state index in [1.807, 2.05) is 18.2 Å². The predicted octanol–water partition coefficient (Wildman–Crippen LogP) is 2.08. The highest BCUT2D eigenvalue weighted by atomic mass is 35.5. The Labute approximate surface area is 119 Å². The number of carbonyl (C=O) groups is 1. The summed E-state index contributed by atoms with van der Waals surface area (Å²) in [6.45, 7) is 1.28. The summed E-state index contributed by atoms with van der Waals surface area (Å²) in [5, 5.41) is 11.7. The van der Waals surface area contributed by atoms with Crippen molar-refractivity contribution in [2.45, 2.75) is 19.4 Å². The molecule has 0 radical (unpaired) electrons. The van der Waals surface area contributed by atoms with Crippen molar-refractivity contribution in [1.29, 1.82) is 0 Å². The molecule has 5 nitrogen and oxygen atoms in total. The number of hydrogen-bond acceptors (Lipinski definition) is 4. The molecule has 1 aromatic rings. The molecule has 0 amide bonds. The normalized spacial score (nSPS) is 9.58. The fourth-order valence-corrected chi connectivity index (χ4v) is 1.68. The van der Waals surface area contributed by atoms with E-state index in [4.69, 9.17) is 14.6 Å². The van der Waals surface area contributed by atoms with Crippen LogP contribution in [0.3, 0.4) is 0 Å². The van der Waals surface area contributed by atoms with E-state index < -0.39 is 5.97 Å². The Kier molecular flexibility index (Phi) is 8.74. The van der Waals surface area contributed by atoms with Gasteiger partial charge in [-0.3, -0.25) is 4.79 Å². The minimum absolute atomic E-state index is 0. The first kappa shape index (κ1) is 17.5. The fourth-order valence-electron chi connectivity index (χ4n) is 1.68. The third-order valence-electron chi connectivity index (χ3n) is 2.54. The molecule has 0 aromatic heterocycles. The van der Waals surface area contributed by atoms with Gasteiger partial charge in [0.15, 0.2) is 11.5 Å². The Morgan fingerprint density at radius 2 is 2.05 bits per heavy atom. The molecule has 0 fully saturated rings. The van der Waals surface area contributed by atoms with Gasteiger partial charge in [0.25, 0.3) is 0 Å². The molecule has 0 heterocycles. The molecular weight excluding hydrogens is 270 g/mol. The van der Waals surface area contributed by atoms with Crippen molar-refractivity contribution < 1.29 is 19.4 Å². The molecule has 0 aliphatic rings. The molecule has 0 spiro atoms. The van der Waals surface area contributed by atoms with Crippen molar-refractivity contribution in [2.75, 3.05) is 20.8 Å². The number of hydrogen-bond donors (Lipinski definition) is 2. The van der Waals surface area contributed by atoms with Crippen molar-refractivity contribution in [3.05, 3.63) is 23.8 Å². The van der Waals surface area contributed by atoms with Crippen LogP contribution in [-0.4, -0.2) is 31.8 Å². The summed E-state index contributed by atoms with van der Waals surface area (Å²) in [5.74, 6) is 0.642. The predicted molar refractivity (Wildman–Crippen MR) is 75.4 cm³/mol. The van der Waals surface area contributed by atoms with Crippen LogP contribution in [0.25, 0.3) is 0 Å². The van der Waals surface area contributed by atoms with E-state index in [1.165, 1.54) is 0 Å². The first-order valence-electron chi connectivity index (χ1n) is 5.81. The molecular formula is C13H20ClNO4. The van der Waals surface area contributed by atoms with Gasteiger partial charge in [-0.25, -0.2) is 0 Å². The lowest BCUT2D eigenvalue weighted by Crippen LogP contribution is -2.16. The highest BCUT2D eigenvalue weighted by molar-refractivity contribution is 5.85. The van der Waals surface area contributed by atoms with E-state index >= 15 is 0 Å². The molecule has 0 bridgehead atoms. The maximum atomic E-state index is 10.4. The average Bonchev–Trinajstić information content (AvgIpc) is 2.37. The van der Waals surface area contributed by atoms with Crippen molar-refractivity contribution in [2.24, 2.45) is 0 Å². The summed E-state index contributed by atoms with van der Waals surface area (Å²) in [4.78, 5) is 10.4. The topological polar surface area (TPSA) is 67.8 Å². The second kappa shape index (κ2) is 9.47. The first-order valence-corrected chi connectivity index (χ1v) is 5.81. The summed E-state index contributed by atoms with van der Waals surface area (Å²) in [5.41, 5.74) is 0.993. The van der Waals surface area contributed by atoms with Crippen LogP contribution in [0.4, 0.5) is 0 Å². The zero-order chi connectivity index (χ0) is 13.4. The Hall–Kier alpha value is -1.46. The number of halogens is 1. The number of ether oxygens (including phenoxy) is 2. The minimum atomic E-state index is -0.768. The van der Waals surface area contributed by atoms with E-state index in [2.05, 4.69) is 5.32 Å². The van der Waals surface area contributed by atoms with Crippen molar-refractivity contribution in [3.63, 3.8) is 0 Å². The zero-order valence-corrected chi connectivity index (χ0v) is 12.0. The first-order chi connectivity index (χ1) is 8.69. The Morgan fingerprint density at radius 3 is 2.63 bits per heavy atom. The van der Waals surface area contributed by atoms with Crippen LogP contribution >= 0.6 is 12.4 Å². The minimum Gasteiger partial charge on any atom is -0.493 e. The lowest BCUT2D eigenvalue weighted by atomic mass is 10.2. The SMILES string of the molecule is COc1cccc(CNCCCC(=O)O)c1OC.Cl. The molecule has 108 valence electrons. The van der Waals surface area contributed by atoms with Crippen molar-refractivity contribution >= 4 is 18.4 Å². The summed E-state index contributed by atoms with van der Waals surface area (Å²) in [7, 11) is 3.20. The molecule has 0 atom stereocenters. The fraction of sp³-hybridized carbons (Fsp3) is 0.462. The van der Waals surface area contributed by atoms with Crippen molar-refractivity contribution in [1.82, 2.24) is 5.32 Å². The van der Waals surface area contributed by atoms with Gasteiger partial charge < -0.3 is 19.9 Å². The average molecular weight is 290 g/mol. The molecule has 0 aliphatic carbocycles. The standard InChI is InChI=1S/C13H19NO4.ClH/c1-17-11-6-3-5-10(13(11)18-2)9-14-8-4-7-12(15)16;/h3,5-6,14H,4,7-9H2,1-2H3,(H,15,16);1H. The largest absolute Gasteiger partial charge is 0.493 e. The molecule has 0 aliphatic heterocycles. The molecule has 1 rings (SSSR count). The Bertz CT molecular complexity index is 398. The van der Waals surface area contributed by atoms with Gasteiger partial charge in [-0.15, -0.1) is 12.4 Å². The number of benzene rings is 1. The van der Waals surface area contributed by atoms with Gasteiger partial charge in [0, 0.05) is 18.5 Å². The molecule has 0 saturated carbocycles. The summed E-state index contributed by atoms with van der Waals surface area (Å²) in [6, 6.07) is 5.69. The van der Waals surface area contributed by atoms with Crippen LogP contribution in [0.1, 0.15) is 18.4 Å². The van der Waals surface area contributed by atoms with Crippen molar-refractivity contribution in [3.8, 4) is 11.5 Å². The second-order valence-electron chi connectivity index (χ2n) is 3.83. The number of carboxylic acids is 1. The van der Waals surface area contributed by atoms with Crippen LogP contribution in [-0.2, 0) is 11.3 Å². The van der Waals surface area contributed by atoms with E-state index in [0.29, 0.717) is 31.0 Å². The van der Waals surface area contributed by atoms with Crippen LogP contribution in [0.5, 0.6) is 11.5 Å².